The summed E-state index contributed by atoms with van der Waals surface area (Å²) in [6.07, 6.45) is 7.99. The molecule has 4 aliphatic rings. The lowest BCUT2D eigenvalue weighted by atomic mass is 10.00. The number of aromatic carboxylic acids is 1. The Hall–Kier alpha value is -3.23. The molecule has 5 atom stereocenters. The van der Waals surface area contributed by atoms with Gasteiger partial charge < -0.3 is 19.3 Å². The Kier molecular flexibility index (Phi) is 5.56. The number of hydrogen-bond donors (Lipinski definition) is 1. The number of anilines is 1. The van der Waals surface area contributed by atoms with Gasteiger partial charge >= 0.3 is 5.97 Å². The maximum Gasteiger partial charge on any atom is 0.335 e. The van der Waals surface area contributed by atoms with Gasteiger partial charge in [-0.2, -0.15) is 0 Å². The molecule has 8 heteroatoms. The molecule has 2 saturated carbocycles. The highest BCUT2D eigenvalue weighted by Crippen LogP contribution is 2.56. The fourth-order valence-corrected chi connectivity index (χ4v) is 8.08. The summed E-state index contributed by atoms with van der Waals surface area (Å²) < 4.78 is 13.5. The minimum Gasteiger partial charge on any atom is -0.478 e. The lowest BCUT2D eigenvalue weighted by Crippen LogP contribution is -2.45. The van der Waals surface area contributed by atoms with E-state index in [0.717, 1.165) is 58.9 Å². The monoisotopic (exact) mass is 541 g/mol. The van der Waals surface area contributed by atoms with Crippen LogP contribution in [0, 0.1) is 0 Å². The summed E-state index contributed by atoms with van der Waals surface area (Å²) in [5.74, 6) is 1.64. The van der Waals surface area contributed by atoms with E-state index in [9.17, 15) is 9.90 Å². The first-order valence-corrected chi connectivity index (χ1v) is 15.0. The molecule has 2 bridgehead atoms. The van der Waals surface area contributed by atoms with Crippen molar-refractivity contribution in [3.8, 4) is 0 Å². The van der Waals surface area contributed by atoms with Gasteiger partial charge in [0.05, 0.1) is 34.2 Å². The highest BCUT2D eigenvalue weighted by Gasteiger charge is 2.46. The Morgan fingerprint density at radius 1 is 1.03 bits per heavy atom. The van der Waals surface area contributed by atoms with Crippen LogP contribution < -0.4 is 4.90 Å². The molecule has 4 aromatic rings. The molecule has 0 amide bonds. The molecule has 2 aromatic heterocycles. The number of fused-ring (bicyclic) bond motifs is 3. The molecule has 0 spiro atoms. The summed E-state index contributed by atoms with van der Waals surface area (Å²) in [4.78, 5) is 18.8. The lowest BCUT2D eigenvalue weighted by molar-refractivity contribution is 0.0142. The normalized spacial score (nSPS) is 27.8. The van der Waals surface area contributed by atoms with Gasteiger partial charge in [-0.05, 0) is 74.6 Å². The summed E-state index contributed by atoms with van der Waals surface area (Å²) in [5.41, 5.74) is 4.92. The van der Waals surface area contributed by atoms with E-state index in [1.807, 2.05) is 6.07 Å². The lowest BCUT2D eigenvalue weighted by Gasteiger charge is -2.38. The largest absolute Gasteiger partial charge is 0.478 e. The Labute approximate surface area is 230 Å². The van der Waals surface area contributed by atoms with Gasteiger partial charge in [0.15, 0.2) is 5.13 Å². The van der Waals surface area contributed by atoms with Crippen LogP contribution in [0.1, 0.15) is 95.6 Å². The van der Waals surface area contributed by atoms with Crippen molar-refractivity contribution in [2.75, 3.05) is 4.90 Å². The van der Waals surface area contributed by atoms with Gasteiger partial charge in [0.1, 0.15) is 5.76 Å². The number of carboxylic acid groups (broad SMARTS) is 1. The molecule has 8 rings (SSSR count). The Morgan fingerprint density at radius 3 is 2.56 bits per heavy atom. The maximum atomic E-state index is 11.4. The third kappa shape index (κ3) is 4.25. The molecule has 2 aliphatic carbocycles. The van der Waals surface area contributed by atoms with Crippen LogP contribution in [0.15, 0.2) is 53.1 Å². The number of carboxylic acids is 1. The number of benzene rings is 2. The highest BCUT2D eigenvalue weighted by atomic mass is 32.1. The van der Waals surface area contributed by atoms with Crippen molar-refractivity contribution in [3.63, 3.8) is 0 Å². The predicted octanol–water partition coefficient (Wildman–Crippen LogP) is 6.85. The third-order valence-electron chi connectivity index (χ3n) is 9.16. The van der Waals surface area contributed by atoms with Crippen LogP contribution >= 0.6 is 11.3 Å². The predicted molar refractivity (Wildman–Crippen MR) is 149 cm³/mol. The van der Waals surface area contributed by atoms with Gasteiger partial charge in [0.25, 0.3) is 0 Å². The summed E-state index contributed by atoms with van der Waals surface area (Å²) >= 11 is 1.61. The number of piperidine rings is 1. The smallest absolute Gasteiger partial charge is 0.335 e. The number of rotatable bonds is 8. The van der Waals surface area contributed by atoms with Crippen molar-refractivity contribution < 1.29 is 19.2 Å². The minimum absolute atomic E-state index is 0.214. The van der Waals surface area contributed by atoms with Gasteiger partial charge in [-0.25, -0.2) is 9.78 Å². The van der Waals surface area contributed by atoms with Crippen molar-refractivity contribution in [1.29, 1.82) is 0 Å². The Balaban J connectivity index is 0.975. The SMILES string of the molecule is O=C(O)c1ccc2nc(N3C4CC[C@H]3C[C@H](OCc3c(C5CC5c5ccccc5)noc3C3CC3)C4)sc2c1. The molecule has 4 fully saturated rings. The summed E-state index contributed by atoms with van der Waals surface area (Å²) in [7, 11) is 0. The second-order valence-electron chi connectivity index (χ2n) is 11.7. The first-order chi connectivity index (χ1) is 19.1. The van der Waals surface area contributed by atoms with Crippen LogP contribution in [0.3, 0.4) is 0 Å². The van der Waals surface area contributed by atoms with E-state index in [0.29, 0.717) is 42.0 Å². The third-order valence-corrected chi connectivity index (χ3v) is 10.2. The Bertz CT molecular complexity index is 1530. The van der Waals surface area contributed by atoms with Crippen LogP contribution in [0.5, 0.6) is 0 Å². The summed E-state index contributed by atoms with van der Waals surface area (Å²) in [6, 6.07) is 16.8. The van der Waals surface area contributed by atoms with E-state index in [4.69, 9.17) is 14.2 Å². The van der Waals surface area contributed by atoms with Crippen molar-refractivity contribution in [2.24, 2.45) is 0 Å². The molecule has 0 radical (unpaired) electrons. The van der Waals surface area contributed by atoms with Gasteiger partial charge in [-0.1, -0.05) is 46.8 Å². The number of nitrogens with zero attached hydrogens (tertiary/aromatic N) is 3. The van der Waals surface area contributed by atoms with Crippen molar-refractivity contribution in [1.82, 2.24) is 10.1 Å². The quantitative estimate of drug-likeness (QED) is 0.261. The highest BCUT2D eigenvalue weighted by molar-refractivity contribution is 7.22. The van der Waals surface area contributed by atoms with Crippen LogP contribution in [0.4, 0.5) is 5.13 Å². The minimum atomic E-state index is -0.900. The van der Waals surface area contributed by atoms with Gasteiger partial charge in [-0.15, -0.1) is 0 Å². The second-order valence-corrected chi connectivity index (χ2v) is 12.7. The zero-order valence-electron chi connectivity index (χ0n) is 21.7. The van der Waals surface area contributed by atoms with Crippen LogP contribution in [-0.2, 0) is 11.3 Å². The van der Waals surface area contributed by atoms with Gasteiger partial charge in [0, 0.05) is 29.5 Å². The standard InChI is InChI=1S/C31H31N3O4S/c35-30(36)19-8-11-26-27(12-19)39-31(32-26)34-20-9-10-21(34)14-22(13-20)37-16-25-28(33-38-29(25)18-6-7-18)24-15-23(24)17-4-2-1-3-5-17/h1-5,8,11-12,18,20-24H,6-7,9-10,13-16H2,(H,35,36)/t20-,21?,22-,23?,24?/m0/s1. The fraction of sp³-hybridized carbons (Fsp3) is 0.452. The number of aromatic nitrogens is 2. The molecule has 2 saturated heterocycles. The summed E-state index contributed by atoms with van der Waals surface area (Å²) in [6.45, 7) is 0.589. The van der Waals surface area contributed by atoms with E-state index in [1.165, 1.54) is 24.0 Å². The zero-order valence-corrected chi connectivity index (χ0v) is 22.5. The number of thiazole rings is 1. The maximum absolute atomic E-state index is 11.4. The summed E-state index contributed by atoms with van der Waals surface area (Å²) in [5, 5.41) is 15.0. The van der Waals surface area contributed by atoms with Crippen LogP contribution in [-0.4, -0.2) is 39.4 Å². The van der Waals surface area contributed by atoms with Crippen LogP contribution in [0.2, 0.25) is 0 Å². The molecular weight excluding hydrogens is 510 g/mol. The molecule has 2 aliphatic heterocycles. The molecular formula is C31H31N3O4S. The molecule has 2 aromatic carbocycles. The molecule has 1 N–H and O–H groups in total. The van der Waals surface area contributed by atoms with E-state index in [1.54, 1.807) is 23.5 Å². The average molecular weight is 542 g/mol. The fourth-order valence-electron chi connectivity index (χ4n) is 6.94. The van der Waals surface area contributed by atoms with E-state index in [-0.39, 0.29) is 6.10 Å². The number of carbonyl (C=O) groups is 1. The van der Waals surface area contributed by atoms with E-state index >= 15 is 0 Å². The molecule has 39 heavy (non-hydrogen) atoms. The zero-order chi connectivity index (χ0) is 26.1. The molecule has 3 unspecified atom stereocenters. The number of ether oxygens (including phenoxy) is 1. The van der Waals surface area contributed by atoms with Crippen molar-refractivity contribution in [3.05, 3.63) is 76.7 Å². The molecule has 7 nitrogen and oxygen atoms in total. The molecule has 4 heterocycles. The second kappa shape index (κ2) is 9.17. The van der Waals surface area contributed by atoms with Crippen LogP contribution in [0.25, 0.3) is 10.2 Å². The van der Waals surface area contributed by atoms with Gasteiger partial charge in [-0.3, -0.25) is 0 Å². The van der Waals surface area contributed by atoms with Gasteiger partial charge in [0.2, 0.25) is 0 Å². The van der Waals surface area contributed by atoms with E-state index in [2.05, 4.69) is 40.4 Å². The first kappa shape index (κ1) is 23.6. The first-order valence-electron chi connectivity index (χ1n) is 14.2. The molecule has 200 valence electrons. The topological polar surface area (TPSA) is 88.7 Å². The number of hydrogen-bond acceptors (Lipinski definition) is 7. The van der Waals surface area contributed by atoms with Crippen molar-refractivity contribution in [2.45, 2.75) is 87.5 Å². The van der Waals surface area contributed by atoms with E-state index < -0.39 is 5.97 Å². The Morgan fingerprint density at radius 2 is 1.82 bits per heavy atom. The van der Waals surface area contributed by atoms with Crippen molar-refractivity contribution >= 4 is 32.7 Å². The average Bonchev–Trinajstić information content (AvgIpc) is 3.85.